The van der Waals surface area contributed by atoms with Crippen LogP contribution in [0.15, 0.2) is 36.8 Å². The van der Waals surface area contributed by atoms with Crippen molar-refractivity contribution in [1.82, 2.24) is 15.0 Å². The third kappa shape index (κ3) is 5.26. The van der Waals surface area contributed by atoms with E-state index in [2.05, 4.69) is 24.6 Å². The van der Waals surface area contributed by atoms with Crippen molar-refractivity contribution in [2.45, 2.75) is 13.3 Å². The first-order chi connectivity index (χ1) is 16.5. The van der Waals surface area contributed by atoms with Gasteiger partial charge < -0.3 is 24.8 Å². The Morgan fingerprint density at radius 3 is 2.50 bits per heavy atom. The summed E-state index contributed by atoms with van der Waals surface area (Å²) in [6, 6.07) is 4.79. The number of halogens is 1. The molecule has 0 aliphatic carbocycles. The number of anilines is 3. The normalized spacial score (nSPS) is 14.6. The van der Waals surface area contributed by atoms with Crippen LogP contribution in [0.2, 0.25) is 0 Å². The number of nitrogens with zero attached hydrogens (tertiary/aromatic N) is 4. The summed E-state index contributed by atoms with van der Waals surface area (Å²) >= 11 is 0. The van der Waals surface area contributed by atoms with Gasteiger partial charge >= 0.3 is 0 Å². The van der Waals surface area contributed by atoms with E-state index in [0.29, 0.717) is 36.0 Å². The van der Waals surface area contributed by atoms with Gasteiger partial charge in [-0.25, -0.2) is 23.6 Å². The first-order valence-corrected chi connectivity index (χ1v) is 12.3. The van der Waals surface area contributed by atoms with Gasteiger partial charge in [0, 0.05) is 54.1 Å². The molecule has 0 bridgehead atoms. The second kappa shape index (κ2) is 10.7. The molecule has 1 aliphatic heterocycles. The monoisotopic (exact) mass is 486 g/mol. The highest BCUT2D eigenvalue weighted by molar-refractivity contribution is 7.86. The summed E-state index contributed by atoms with van der Waals surface area (Å²) in [5.41, 5.74) is 8.92. The van der Waals surface area contributed by atoms with Gasteiger partial charge in [-0.15, -0.1) is 0 Å². The van der Waals surface area contributed by atoms with Crippen LogP contribution < -0.4 is 20.1 Å². The summed E-state index contributed by atoms with van der Waals surface area (Å²) in [5.74, 6) is 0.694. The van der Waals surface area contributed by atoms with E-state index in [1.807, 2.05) is 13.0 Å². The summed E-state index contributed by atoms with van der Waals surface area (Å²) in [5, 5.41) is 0. The zero-order valence-corrected chi connectivity index (χ0v) is 19.9. The molecule has 4 rings (SSSR count). The maximum absolute atomic E-state index is 14.9. The standard InChI is InChI=1S/C23H27FN6O3S/c1-3-8-34(31)29-20-11-15(10-19(24)21(20)32-2)18-9-16(12-26-22(18)25)17-13-27-23(28-14-17)30-4-6-33-7-5-30/h9-14,29H,3-8H2,1-2H3,(H2,25,26). The Morgan fingerprint density at radius 1 is 1.12 bits per heavy atom. The van der Waals surface area contributed by atoms with Gasteiger partial charge in [0.15, 0.2) is 11.6 Å². The Morgan fingerprint density at radius 2 is 1.82 bits per heavy atom. The van der Waals surface area contributed by atoms with Gasteiger partial charge in [-0.3, -0.25) is 0 Å². The topological polar surface area (TPSA) is 115 Å². The zero-order valence-electron chi connectivity index (χ0n) is 19.1. The van der Waals surface area contributed by atoms with Crippen LogP contribution in [0, 0.1) is 5.82 Å². The van der Waals surface area contributed by atoms with Crippen molar-refractivity contribution >= 4 is 28.4 Å². The molecule has 3 N–H and O–H groups in total. The van der Waals surface area contributed by atoms with Gasteiger partial charge in [-0.05, 0) is 30.2 Å². The zero-order chi connectivity index (χ0) is 24.1. The van der Waals surface area contributed by atoms with Crippen LogP contribution in [0.1, 0.15) is 13.3 Å². The Balaban J connectivity index is 1.67. The summed E-state index contributed by atoms with van der Waals surface area (Å²) in [6.07, 6.45) is 5.80. The lowest BCUT2D eigenvalue weighted by molar-refractivity contribution is 0.122. The van der Waals surface area contributed by atoms with Crippen molar-refractivity contribution in [3.05, 3.63) is 42.6 Å². The van der Waals surface area contributed by atoms with E-state index in [1.165, 1.54) is 13.2 Å². The molecule has 1 atom stereocenters. The molecule has 34 heavy (non-hydrogen) atoms. The number of hydrogen-bond donors (Lipinski definition) is 2. The third-order valence-electron chi connectivity index (χ3n) is 5.36. The maximum atomic E-state index is 14.9. The van der Waals surface area contributed by atoms with E-state index in [0.717, 1.165) is 30.6 Å². The molecular weight excluding hydrogens is 459 g/mol. The average molecular weight is 487 g/mol. The number of morpholine rings is 1. The van der Waals surface area contributed by atoms with E-state index in [-0.39, 0.29) is 17.3 Å². The highest BCUT2D eigenvalue weighted by Crippen LogP contribution is 2.37. The summed E-state index contributed by atoms with van der Waals surface area (Å²) in [7, 11) is -0.00763. The number of nitrogens with one attached hydrogen (secondary N) is 1. The molecule has 9 nitrogen and oxygen atoms in total. The Labute approximate surface area is 200 Å². The number of pyridine rings is 1. The van der Waals surface area contributed by atoms with Crippen LogP contribution in [0.5, 0.6) is 5.75 Å². The number of rotatable bonds is 8. The van der Waals surface area contributed by atoms with Gasteiger partial charge in [0.1, 0.15) is 16.8 Å². The molecule has 0 amide bonds. The van der Waals surface area contributed by atoms with Crippen LogP contribution in [0.25, 0.3) is 22.3 Å². The largest absolute Gasteiger partial charge is 0.492 e. The molecule has 1 saturated heterocycles. The predicted molar refractivity (Wildman–Crippen MR) is 132 cm³/mol. The van der Waals surface area contributed by atoms with Gasteiger partial charge in [0.25, 0.3) is 0 Å². The van der Waals surface area contributed by atoms with Gasteiger partial charge in [0.05, 0.1) is 26.0 Å². The van der Waals surface area contributed by atoms with Crippen molar-refractivity contribution in [1.29, 1.82) is 0 Å². The second-order valence-corrected chi connectivity index (χ2v) is 9.02. The third-order valence-corrected chi connectivity index (χ3v) is 6.58. The Bertz CT molecular complexity index is 1170. The van der Waals surface area contributed by atoms with Crippen molar-refractivity contribution in [3.8, 4) is 28.0 Å². The van der Waals surface area contributed by atoms with Crippen LogP contribution >= 0.6 is 0 Å². The summed E-state index contributed by atoms with van der Waals surface area (Å²) in [6.45, 7) is 4.71. The van der Waals surface area contributed by atoms with E-state index in [1.54, 1.807) is 24.7 Å². The van der Waals surface area contributed by atoms with Crippen molar-refractivity contribution in [2.75, 3.05) is 54.5 Å². The highest BCUT2D eigenvalue weighted by atomic mass is 32.2. The molecule has 3 aromatic rings. The molecule has 1 aliphatic rings. The molecule has 1 unspecified atom stereocenters. The lowest BCUT2D eigenvalue weighted by atomic mass is 10.0. The number of hydrogen-bond acceptors (Lipinski definition) is 8. The van der Waals surface area contributed by atoms with Gasteiger partial charge in [-0.1, -0.05) is 6.92 Å². The van der Waals surface area contributed by atoms with E-state index in [4.69, 9.17) is 15.2 Å². The number of ether oxygens (including phenoxy) is 2. The van der Waals surface area contributed by atoms with Crippen LogP contribution in [-0.2, 0) is 15.7 Å². The molecule has 2 aromatic heterocycles. The number of methoxy groups -OCH3 is 1. The Hall–Kier alpha value is -3.31. The molecule has 0 spiro atoms. The number of benzene rings is 1. The van der Waals surface area contributed by atoms with Gasteiger partial charge in [-0.2, -0.15) is 0 Å². The van der Waals surface area contributed by atoms with Crippen molar-refractivity contribution in [3.63, 3.8) is 0 Å². The smallest absolute Gasteiger partial charge is 0.225 e. The van der Waals surface area contributed by atoms with Crippen LogP contribution in [0.3, 0.4) is 0 Å². The number of nitrogens with two attached hydrogens (primary N) is 1. The maximum Gasteiger partial charge on any atom is 0.225 e. The molecular formula is C23H27FN6O3S. The van der Waals surface area contributed by atoms with E-state index >= 15 is 0 Å². The second-order valence-electron chi connectivity index (χ2n) is 7.72. The molecule has 180 valence electrons. The molecule has 0 radical (unpaired) electrons. The Kier molecular flexibility index (Phi) is 7.53. The van der Waals surface area contributed by atoms with E-state index in [9.17, 15) is 8.60 Å². The fourth-order valence-electron chi connectivity index (χ4n) is 3.65. The first kappa shape index (κ1) is 23.8. The minimum atomic E-state index is -1.37. The van der Waals surface area contributed by atoms with Crippen LogP contribution in [0.4, 0.5) is 21.8 Å². The lowest BCUT2D eigenvalue weighted by Crippen LogP contribution is -2.37. The van der Waals surface area contributed by atoms with Crippen molar-refractivity contribution < 1.29 is 18.1 Å². The minimum Gasteiger partial charge on any atom is -0.492 e. The van der Waals surface area contributed by atoms with Crippen LogP contribution in [-0.4, -0.2) is 58.3 Å². The molecule has 3 heterocycles. The molecule has 11 heteroatoms. The predicted octanol–water partition coefficient (Wildman–Crippen LogP) is 3.26. The SMILES string of the molecule is CCCS(=O)Nc1cc(-c2cc(-c3cnc(N4CCOCC4)nc3)cnc2N)cc(F)c1OC. The molecule has 1 fully saturated rings. The number of aromatic nitrogens is 3. The summed E-state index contributed by atoms with van der Waals surface area (Å²) in [4.78, 5) is 15.3. The van der Waals surface area contributed by atoms with Gasteiger partial charge in [0.2, 0.25) is 5.95 Å². The highest BCUT2D eigenvalue weighted by Gasteiger charge is 2.18. The number of nitrogen functional groups attached to an aromatic ring is 1. The van der Waals surface area contributed by atoms with Crippen molar-refractivity contribution in [2.24, 2.45) is 0 Å². The molecule has 0 saturated carbocycles. The lowest BCUT2D eigenvalue weighted by Gasteiger charge is -2.26. The quantitative estimate of drug-likeness (QED) is 0.499. The minimum absolute atomic E-state index is 0.0111. The molecule has 1 aromatic carbocycles. The first-order valence-electron chi connectivity index (χ1n) is 10.9. The summed E-state index contributed by atoms with van der Waals surface area (Å²) < 4.78 is 40.5. The average Bonchev–Trinajstić information content (AvgIpc) is 2.85. The van der Waals surface area contributed by atoms with E-state index < -0.39 is 16.8 Å². The fourth-order valence-corrected chi connectivity index (χ4v) is 4.52. The fraction of sp³-hybridized carbons (Fsp3) is 0.348.